The third kappa shape index (κ3) is 3.02. The van der Waals surface area contributed by atoms with E-state index in [9.17, 15) is 8.78 Å². The zero-order valence-electron chi connectivity index (χ0n) is 12.1. The van der Waals surface area contributed by atoms with Crippen LogP contribution in [0.4, 0.5) is 8.78 Å². The van der Waals surface area contributed by atoms with Crippen LogP contribution in [0, 0.1) is 0 Å². The van der Waals surface area contributed by atoms with Gasteiger partial charge in [-0.05, 0) is 29.3 Å². The lowest BCUT2D eigenvalue weighted by atomic mass is 10.0. The molecule has 0 unspecified atom stereocenters. The van der Waals surface area contributed by atoms with Crippen molar-refractivity contribution in [2.75, 3.05) is 7.11 Å². The molecule has 3 rings (SSSR count). The summed E-state index contributed by atoms with van der Waals surface area (Å²) in [6.45, 7) is 0. The standard InChI is InChI=1S/C17H13Cl3F2O/c1-23-11-5-2-9(3-6-11)14-15(17(14,19)20)10-4-7-12(16(21)22)13(18)8-10/h2-8,14-16H,1H3/t14-,15-/m0/s1. The first-order chi connectivity index (χ1) is 10.9. The number of benzene rings is 2. The summed E-state index contributed by atoms with van der Waals surface area (Å²) in [7, 11) is 1.59. The van der Waals surface area contributed by atoms with E-state index in [2.05, 4.69) is 0 Å². The molecule has 2 atom stereocenters. The predicted octanol–water partition coefficient (Wildman–Crippen LogP) is 6.34. The van der Waals surface area contributed by atoms with Crippen LogP contribution >= 0.6 is 34.8 Å². The Morgan fingerprint density at radius 1 is 1.00 bits per heavy atom. The third-order valence-electron chi connectivity index (χ3n) is 4.15. The van der Waals surface area contributed by atoms with Crippen molar-refractivity contribution in [1.82, 2.24) is 0 Å². The molecule has 2 aromatic carbocycles. The minimum absolute atomic E-state index is 0.0296. The molecular formula is C17H13Cl3F2O. The second kappa shape index (κ2) is 6.12. The fourth-order valence-electron chi connectivity index (χ4n) is 2.88. The summed E-state index contributed by atoms with van der Waals surface area (Å²) in [4.78, 5) is 0. The van der Waals surface area contributed by atoms with E-state index in [4.69, 9.17) is 39.5 Å². The lowest BCUT2D eigenvalue weighted by Crippen LogP contribution is -1.92. The van der Waals surface area contributed by atoms with Crippen LogP contribution in [0.15, 0.2) is 42.5 Å². The molecule has 0 N–H and O–H groups in total. The van der Waals surface area contributed by atoms with Crippen LogP contribution in [0.25, 0.3) is 0 Å². The van der Waals surface area contributed by atoms with E-state index in [-0.39, 0.29) is 22.4 Å². The number of hydrogen-bond acceptors (Lipinski definition) is 1. The topological polar surface area (TPSA) is 9.23 Å². The molecule has 0 radical (unpaired) electrons. The average Bonchev–Trinajstić information content (AvgIpc) is 3.09. The molecule has 0 heterocycles. The second-order valence-corrected chi connectivity index (χ2v) is 7.34. The Hall–Kier alpha value is -1.03. The molecule has 23 heavy (non-hydrogen) atoms. The summed E-state index contributed by atoms with van der Waals surface area (Å²) in [5.74, 6) is 0.429. The van der Waals surface area contributed by atoms with Crippen LogP contribution in [0.5, 0.6) is 5.75 Å². The highest BCUT2D eigenvalue weighted by Crippen LogP contribution is 2.70. The molecular weight excluding hydrogens is 365 g/mol. The fraction of sp³-hybridized carbons (Fsp3) is 0.294. The van der Waals surface area contributed by atoms with Gasteiger partial charge < -0.3 is 4.74 Å². The SMILES string of the molecule is COc1ccc([C@H]2[C@H](c3ccc(C(F)F)c(Cl)c3)C2(Cl)Cl)cc1. The largest absolute Gasteiger partial charge is 0.497 e. The molecule has 0 amide bonds. The van der Waals surface area contributed by atoms with Gasteiger partial charge in [-0.2, -0.15) is 0 Å². The Morgan fingerprint density at radius 2 is 1.57 bits per heavy atom. The monoisotopic (exact) mass is 376 g/mol. The van der Waals surface area contributed by atoms with Gasteiger partial charge in [-0.3, -0.25) is 0 Å². The van der Waals surface area contributed by atoms with Crippen LogP contribution in [0.3, 0.4) is 0 Å². The van der Waals surface area contributed by atoms with Crippen molar-refractivity contribution in [3.63, 3.8) is 0 Å². The predicted molar refractivity (Wildman–Crippen MR) is 89.3 cm³/mol. The van der Waals surface area contributed by atoms with Crippen LogP contribution in [0.1, 0.15) is 35.0 Å². The van der Waals surface area contributed by atoms with E-state index in [1.807, 2.05) is 24.3 Å². The Balaban J connectivity index is 1.89. The molecule has 6 heteroatoms. The summed E-state index contributed by atoms with van der Waals surface area (Å²) in [5.41, 5.74) is 1.53. The van der Waals surface area contributed by atoms with E-state index in [1.54, 1.807) is 13.2 Å². The molecule has 1 aliphatic rings. The van der Waals surface area contributed by atoms with E-state index >= 15 is 0 Å². The van der Waals surface area contributed by atoms with Crippen LogP contribution in [-0.2, 0) is 0 Å². The molecule has 1 fully saturated rings. The van der Waals surface area contributed by atoms with Crippen molar-refractivity contribution in [1.29, 1.82) is 0 Å². The minimum atomic E-state index is -2.61. The smallest absolute Gasteiger partial charge is 0.265 e. The molecule has 0 spiro atoms. The zero-order chi connectivity index (χ0) is 16.8. The first kappa shape index (κ1) is 16.8. The van der Waals surface area contributed by atoms with Gasteiger partial charge in [-0.15, -0.1) is 23.2 Å². The van der Waals surface area contributed by atoms with Crippen LogP contribution in [0.2, 0.25) is 5.02 Å². The molecule has 1 nitrogen and oxygen atoms in total. The van der Waals surface area contributed by atoms with Gasteiger partial charge in [0.1, 0.15) is 10.1 Å². The lowest BCUT2D eigenvalue weighted by Gasteiger charge is -2.06. The third-order valence-corrected chi connectivity index (χ3v) is 5.41. The number of halogens is 5. The first-order valence-corrected chi connectivity index (χ1v) is 8.09. The molecule has 1 saturated carbocycles. The molecule has 0 saturated heterocycles. The van der Waals surface area contributed by atoms with E-state index in [0.29, 0.717) is 0 Å². The van der Waals surface area contributed by atoms with Crippen molar-refractivity contribution >= 4 is 34.8 Å². The maximum absolute atomic E-state index is 12.8. The molecule has 1 aliphatic carbocycles. The zero-order valence-corrected chi connectivity index (χ0v) is 14.3. The van der Waals surface area contributed by atoms with Crippen molar-refractivity contribution < 1.29 is 13.5 Å². The van der Waals surface area contributed by atoms with Crippen molar-refractivity contribution in [3.05, 3.63) is 64.2 Å². The summed E-state index contributed by atoms with van der Waals surface area (Å²) >= 11 is 18.8. The quantitative estimate of drug-likeness (QED) is 0.565. The highest BCUT2D eigenvalue weighted by Gasteiger charge is 2.64. The molecule has 2 aromatic rings. The highest BCUT2D eigenvalue weighted by atomic mass is 35.5. The molecule has 122 valence electrons. The number of rotatable bonds is 4. The Bertz CT molecular complexity index is 716. The Labute approximate surface area is 148 Å². The highest BCUT2D eigenvalue weighted by molar-refractivity contribution is 6.52. The average molecular weight is 378 g/mol. The summed E-state index contributed by atoms with van der Waals surface area (Å²) in [6, 6.07) is 11.9. The van der Waals surface area contributed by atoms with Gasteiger partial charge in [-0.1, -0.05) is 35.9 Å². The summed E-state index contributed by atoms with van der Waals surface area (Å²) < 4.78 is 29.7. The van der Waals surface area contributed by atoms with E-state index in [0.717, 1.165) is 16.9 Å². The van der Waals surface area contributed by atoms with Gasteiger partial charge >= 0.3 is 0 Å². The molecule has 0 aromatic heterocycles. The molecule has 0 bridgehead atoms. The maximum Gasteiger partial charge on any atom is 0.265 e. The Kier molecular flexibility index (Phi) is 4.47. The number of hydrogen-bond donors (Lipinski definition) is 0. The van der Waals surface area contributed by atoms with Gasteiger partial charge in [0, 0.05) is 22.4 Å². The number of alkyl halides is 4. The maximum atomic E-state index is 12.8. The Morgan fingerprint density at radius 3 is 2.09 bits per heavy atom. The molecule has 0 aliphatic heterocycles. The normalized spacial score (nSPS) is 22.2. The van der Waals surface area contributed by atoms with Crippen molar-refractivity contribution in [3.8, 4) is 5.75 Å². The minimum Gasteiger partial charge on any atom is -0.497 e. The van der Waals surface area contributed by atoms with Crippen LogP contribution in [-0.4, -0.2) is 11.4 Å². The second-order valence-electron chi connectivity index (χ2n) is 5.48. The van der Waals surface area contributed by atoms with Crippen LogP contribution < -0.4 is 4.74 Å². The lowest BCUT2D eigenvalue weighted by molar-refractivity contribution is 0.151. The van der Waals surface area contributed by atoms with E-state index < -0.39 is 10.8 Å². The van der Waals surface area contributed by atoms with Gasteiger partial charge in [0.2, 0.25) is 0 Å². The van der Waals surface area contributed by atoms with Crippen molar-refractivity contribution in [2.45, 2.75) is 22.6 Å². The van der Waals surface area contributed by atoms with Gasteiger partial charge in [0.05, 0.1) is 7.11 Å². The van der Waals surface area contributed by atoms with E-state index in [1.165, 1.54) is 12.1 Å². The van der Waals surface area contributed by atoms with Gasteiger partial charge in [-0.25, -0.2) is 8.78 Å². The van der Waals surface area contributed by atoms with Crippen molar-refractivity contribution in [2.24, 2.45) is 0 Å². The fourth-order valence-corrected chi connectivity index (χ4v) is 4.03. The number of methoxy groups -OCH3 is 1. The first-order valence-electron chi connectivity index (χ1n) is 6.95. The number of ether oxygens (including phenoxy) is 1. The summed E-state index contributed by atoms with van der Waals surface area (Å²) in [5, 5.41) is 0.0296. The van der Waals surface area contributed by atoms with Gasteiger partial charge in [0.25, 0.3) is 6.43 Å². The summed E-state index contributed by atoms with van der Waals surface area (Å²) in [6.07, 6.45) is -2.61. The van der Waals surface area contributed by atoms with Gasteiger partial charge in [0.15, 0.2) is 0 Å².